The van der Waals surface area contributed by atoms with E-state index in [1.807, 2.05) is 12.1 Å². The minimum absolute atomic E-state index is 0.240. The molecule has 1 saturated carbocycles. The second-order valence-corrected chi connectivity index (χ2v) is 4.63. The second-order valence-electron chi connectivity index (χ2n) is 3.75. The molecule has 0 radical (unpaired) electrons. The van der Waals surface area contributed by atoms with Gasteiger partial charge in [0.25, 0.3) is 0 Å². The summed E-state index contributed by atoms with van der Waals surface area (Å²) in [5, 5.41) is 0. The van der Waals surface area contributed by atoms with Crippen LogP contribution in [0.25, 0.3) is 0 Å². The van der Waals surface area contributed by atoms with Gasteiger partial charge in [0, 0.05) is 4.43 Å². The number of rotatable bonds is 5. The zero-order valence-electron chi connectivity index (χ0n) is 8.78. The minimum Gasteiger partial charge on any atom is -0.497 e. The molecular formula is C12H15IO2. The van der Waals surface area contributed by atoms with Gasteiger partial charge in [-0.25, -0.2) is 0 Å². The molecule has 0 saturated heterocycles. The number of benzene rings is 1. The third kappa shape index (κ3) is 3.08. The van der Waals surface area contributed by atoms with E-state index in [4.69, 9.17) is 9.47 Å². The maximum Gasteiger partial charge on any atom is 0.118 e. The van der Waals surface area contributed by atoms with Gasteiger partial charge in [-0.05, 0) is 30.5 Å². The molecule has 2 nitrogen and oxygen atoms in total. The van der Waals surface area contributed by atoms with Gasteiger partial charge in [0.2, 0.25) is 0 Å². The van der Waals surface area contributed by atoms with E-state index in [9.17, 15) is 0 Å². The number of methoxy groups -OCH3 is 1. The van der Waals surface area contributed by atoms with E-state index < -0.39 is 0 Å². The van der Waals surface area contributed by atoms with Crippen LogP contribution in [0.4, 0.5) is 0 Å². The summed E-state index contributed by atoms with van der Waals surface area (Å²) in [5.74, 6) is 0.900. The maximum absolute atomic E-state index is 5.92. The molecular weight excluding hydrogens is 303 g/mol. The van der Waals surface area contributed by atoms with Gasteiger partial charge in [0.15, 0.2) is 0 Å². The molecule has 15 heavy (non-hydrogen) atoms. The molecule has 0 heterocycles. The highest BCUT2D eigenvalue weighted by Gasteiger charge is 2.26. The summed E-state index contributed by atoms with van der Waals surface area (Å²) in [7, 11) is 1.69. The lowest BCUT2D eigenvalue weighted by Crippen LogP contribution is -2.07. The van der Waals surface area contributed by atoms with Crippen molar-refractivity contribution in [3.8, 4) is 5.75 Å². The first-order valence-corrected chi connectivity index (χ1v) is 6.71. The molecule has 1 aliphatic rings. The molecule has 1 fully saturated rings. The summed E-state index contributed by atoms with van der Waals surface area (Å²) < 4.78 is 12.1. The highest BCUT2D eigenvalue weighted by molar-refractivity contribution is 14.1. The van der Waals surface area contributed by atoms with Crippen LogP contribution in [0.2, 0.25) is 0 Å². The summed E-state index contributed by atoms with van der Waals surface area (Å²) in [6.45, 7) is 0. The van der Waals surface area contributed by atoms with Crippen molar-refractivity contribution in [2.75, 3.05) is 11.5 Å². The predicted molar refractivity (Wildman–Crippen MR) is 68.7 cm³/mol. The van der Waals surface area contributed by atoms with Crippen molar-refractivity contribution in [2.24, 2.45) is 0 Å². The van der Waals surface area contributed by atoms with Crippen molar-refractivity contribution in [3.05, 3.63) is 29.8 Å². The van der Waals surface area contributed by atoms with E-state index >= 15 is 0 Å². The normalized spacial score (nSPS) is 17.5. The molecule has 82 valence electrons. The van der Waals surface area contributed by atoms with Gasteiger partial charge in [-0.2, -0.15) is 0 Å². The van der Waals surface area contributed by atoms with Gasteiger partial charge in [0.1, 0.15) is 5.75 Å². The van der Waals surface area contributed by atoms with Crippen LogP contribution in [-0.4, -0.2) is 17.6 Å². The Morgan fingerprint density at radius 3 is 2.47 bits per heavy atom. The molecule has 1 aromatic carbocycles. The third-order valence-corrected chi connectivity index (χ3v) is 3.31. The molecule has 1 atom stereocenters. The van der Waals surface area contributed by atoms with Crippen molar-refractivity contribution in [1.29, 1.82) is 0 Å². The van der Waals surface area contributed by atoms with Crippen molar-refractivity contribution in [2.45, 2.75) is 25.0 Å². The highest BCUT2D eigenvalue weighted by atomic mass is 127. The predicted octanol–water partition coefficient (Wildman–Crippen LogP) is 3.35. The van der Waals surface area contributed by atoms with Crippen molar-refractivity contribution in [3.63, 3.8) is 0 Å². The smallest absolute Gasteiger partial charge is 0.118 e. The molecule has 0 aliphatic heterocycles. The lowest BCUT2D eigenvalue weighted by Gasteiger charge is -2.15. The Balaban J connectivity index is 2.03. The molecule has 1 aliphatic carbocycles. The summed E-state index contributed by atoms with van der Waals surface area (Å²) in [4.78, 5) is 0. The summed E-state index contributed by atoms with van der Waals surface area (Å²) in [5.41, 5.74) is 1.25. The molecule has 1 unspecified atom stereocenters. The molecule has 0 amide bonds. The van der Waals surface area contributed by atoms with E-state index in [1.54, 1.807) is 7.11 Å². The Morgan fingerprint density at radius 1 is 1.33 bits per heavy atom. The van der Waals surface area contributed by atoms with Gasteiger partial charge >= 0.3 is 0 Å². The Hall–Kier alpha value is -0.290. The molecule has 1 aromatic rings. The first-order valence-electron chi connectivity index (χ1n) is 5.19. The topological polar surface area (TPSA) is 18.5 Å². The number of halogens is 1. The zero-order valence-corrected chi connectivity index (χ0v) is 10.9. The maximum atomic E-state index is 5.92. The van der Waals surface area contributed by atoms with Gasteiger partial charge in [-0.3, -0.25) is 0 Å². The quantitative estimate of drug-likeness (QED) is 0.612. The van der Waals surface area contributed by atoms with E-state index in [0.29, 0.717) is 6.10 Å². The number of ether oxygens (including phenoxy) is 2. The van der Waals surface area contributed by atoms with Crippen LogP contribution >= 0.6 is 22.6 Å². The molecule has 0 spiro atoms. The van der Waals surface area contributed by atoms with Gasteiger partial charge in [-0.15, -0.1) is 0 Å². The monoisotopic (exact) mass is 318 g/mol. The van der Waals surface area contributed by atoms with E-state index in [0.717, 1.165) is 10.2 Å². The van der Waals surface area contributed by atoms with Crippen molar-refractivity contribution < 1.29 is 9.47 Å². The Labute approximate surface area is 104 Å². The Morgan fingerprint density at radius 2 is 2.00 bits per heavy atom. The summed E-state index contributed by atoms with van der Waals surface area (Å²) in [6, 6.07) is 8.16. The highest BCUT2D eigenvalue weighted by Crippen LogP contribution is 2.32. The fraction of sp³-hybridized carbons (Fsp3) is 0.500. The Kier molecular flexibility index (Phi) is 3.86. The first-order chi connectivity index (χ1) is 7.33. The van der Waals surface area contributed by atoms with Gasteiger partial charge < -0.3 is 9.47 Å². The summed E-state index contributed by atoms with van der Waals surface area (Å²) >= 11 is 2.38. The van der Waals surface area contributed by atoms with Crippen LogP contribution in [0.1, 0.15) is 24.5 Å². The van der Waals surface area contributed by atoms with E-state index in [-0.39, 0.29) is 6.10 Å². The third-order valence-electron chi connectivity index (χ3n) is 2.51. The largest absolute Gasteiger partial charge is 0.497 e. The van der Waals surface area contributed by atoms with Crippen LogP contribution in [-0.2, 0) is 4.74 Å². The zero-order chi connectivity index (χ0) is 10.7. The SMILES string of the molecule is COc1ccc(C(CI)OC2CC2)cc1. The van der Waals surface area contributed by atoms with E-state index in [2.05, 4.69) is 34.7 Å². The van der Waals surface area contributed by atoms with Crippen LogP contribution < -0.4 is 4.74 Å². The van der Waals surface area contributed by atoms with Crippen molar-refractivity contribution in [1.82, 2.24) is 0 Å². The van der Waals surface area contributed by atoms with Crippen LogP contribution in [0.15, 0.2) is 24.3 Å². The standard InChI is InChI=1S/C12H15IO2/c1-14-10-4-2-9(3-5-10)12(8-13)15-11-6-7-11/h2-5,11-12H,6-8H2,1H3. The lowest BCUT2D eigenvalue weighted by molar-refractivity contribution is 0.0570. The van der Waals surface area contributed by atoms with Crippen LogP contribution in [0.3, 0.4) is 0 Å². The Bertz CT molecular complexity index is 306. The van der Waals surface area contributed by atoms with E-state index in [1.165, 1.54) is 18.4 Å². The second kappa shape index (κ2) is 5.16. The molecule has 3 heteroatoms. The fourth-order valence-electron chi connectivity index (χ4n) is 1.46. The van der Waals surface area contributed by atoms with Crippen LogP contribution in [0.5, 0.6) is 5.75 Å². The lowest BCUT2D eigenvalue weighted by atomic mass is 10.1. The average molecular weight is 318 g/mol. The number of hydrogen-bond acceptors (Lipinski definition) is 2. The number of alkyl halides is 1. The molecule has 2 rings (SSSR count). The first kappa shape index (κ1) is 11.2. The summed E-state index contributed by atoms with van der Waals surface area (Å²) in [6.07, 6.45) is 3.20. The molecule has 0 aromatic heterocycles. The fourth-order valence-corrected chi connectivity index (χ4v) is 2.18. The van der Waals surface area contributed by atoms with Crippen molar-refractivity contribution >= 4 is 22.6 Å². The van der Waals surface area contributed by atoms with Crippen LogP contribution in [0, 0.1) is 0 Å². The molecule has 0 N–H and O–H groups in total. The van der Waals surface area contributed by atoms with Gasteiger partial charge in [-0.1, -0.05) is 34.7 Å². The minimum atomic E-state index is 0.240. The number of hydrogen-bond donors (Lipinski definition) is 0. The average Bonchev–Trinajstić information content (AvgIpc) is 3.10. The van der Waals surface area contributed by atoms with Gasteiger partial charge in [0.05, 0.1) is 19.3 Å². The molecule has 0 bridgehead atoms.